The Morgan fingerprint density at radius 3 is 2.43 bits per heavy atom. The fraction of sp³-hybridized carbons (Fsp3) is 0. The van der Waals surface area contributed by atoms with E-state index < -0.39 is 5.97 Å². The number of aromatic carboxylic acids is 1. The first-order valence-corrected chi connectivity index (χ1v) is 7.01. The number of fused-ring (bicyclic) bond motifs is 1. The topological polar surface area (TPSA) is 70.2 Å². The molecule has 0 spiro atoms. The number of carboxylic acids is 1. The van der Waals surface area contributed by atoms with E-state index in [2.05, 4.69) is 20.9 Å². The van der Waals surface area contributed by atoms with Crippen molar-refractivity contribution in [3.8, 4) is 0 Å². The van der Waals surface area contributed by atoms with Gasteiger partial charge in [-0.05, 0) is 18.2 Å². The number of ketones is 1. The zero-order valence-electron chi connectivity index (χ0n) is 10.8. The van der Waals surface area contributed by atoms with Gasteiger partial charge in [0.1, 0.15) is 0 Å². The predicted molar refractivity (Wildman–Crippen MR) is 82.8 cm³/mol. The number of hydrogen-bond donors (Lipinski definition) is 2. The van der Waals surface area contributed by atoms with Gasteiger partial charge in [0.25, 0.3) is 0 Å². The molecular weight excluding hydrogens is 334 g/mol. The molecule has 3 aromatic rings. The van der Waals surface area contributed by atoms with Crippen molar-refractivity contribution in [3.63, 3.8) is 0 Å². The number of carbonyl (C=O) groups excluding carboxylic acids is 1. The van der Waals surface area contributed by atoms with Gasteiger partial charge < -0.3 is 10.1 Å². The molecule has 0 unspecified atom stereocenters. The number of aromatic amines is 1. The lowest BCUT2D eigenvalue weighted by Gasteiger charge is -2.04. The van der Waals surface area contributed by atoms with Crippen LogP contribution in [0.1, 0.15) is 26.3 Å². The first-order chi connectivity index (χ1) is 10.1. The largest absolute Gasteiger partial charge is 0.478 e. The normalized spacial score (nSPS) is 10.7. The van der Waals surface area contributed by atoms with E-state index in [4.69, 9.17) is 0 Å². The molecule has 0 bridgehead atoms. The number of nitrogens with one attached hydrogen (secondary N) is 1. The Hall–Kier alpha value is -2.40. The maximum absolute atomic E-state index is 12.6. The Morgan fingerprint density at radius 2 is 1.71 bits per heavy atom. The summed E-state index contributed by atoms with van der Waals surface area (Å²) in [5, 5.41) is 9.96. The fourth-order valence-corrected chi connectivity index (χ4v) is 2.66. The highest BCUT2D eigenvalue weighted by Crippen LogP contribution is 2.25. The van der Waals surface area contributed by atoms with E-state index in [1.165, 1.54) is 12.1 Å². The SMILES string of the molecule is O=C(O)c1ccccc1C(=O)c1c[nH]c2cc(Br)ccc12. The van der Waals surface area contributed by atoms with Gasteiger partial charge in [-0.15, -0.1) is 0 Å². The van der Waals surface area contributed by atoms with Crippen LogP contribution in [0.2, 0.25) is 0 Å². The summed E-state index contributed by atoms with van der Waals surface area (Å²) in [6.07, 6.45) is 1.61. The van der Waals surface area contributed by atoms with Crippen molar-refractivity contribution in [3.05, 3.63) is 69.8 Å². The number of carbonyl (C=O) groups is 2. The van der Waals surface area contributed by atoms with Crippen LogP contribution < -0.4 is 0 Å². The number of halogens is 1. The van der Waals surface area contributed by atoms with E-state index in [1.807, 2.05) is 18.2 Å². The van der Waals surface area contributed by atoms with Gasteiger partial charge in [-0.25, -0.2) is 4.79 Å². The summed E-state index contributed by atoms with van der Waals surface area (Å²) in [7, 11) is 0. The zero-order chi connectivity index (χ0) is 15.0. The Morgan fingerprint density at radius 1 is 1.00 bits per heavy atom. The molecule has 0 amide bonds. The minimum absolute atomic E-state index is 0.00830. The van der Waals surface area contributed by atoms with Crippen LogP contribution >= 0.6 is 15.9 Å². The van der Waals surface area contributed by atoms with Crippen molar-refractivity contribution in [2.75, 3.05) is 0 Å². The third-order valence-corrected chi connectivity index (χ3v) is 3.78. The van der Waals surface area contributed by atoms with Crippen LogP contribution in [0.3, 0.4) is 0 Å². The number of benzene rings is 2. The van der Waals surface area contributed by atoms with Crippen molar-refractivity contribution < 1.29 is 14.7 Å². The van der Waals surface area contributed by atoms with Crippen LogP contribution in [0.15, 0.2) is 53.1 Å². The number of hydrogen-bond acceptors (Lipinski definition) is 2. The average Bonchev–Trinajstić information content (AvgIpc) is 2.89. The van der Waals surface area contributed by atoms with Gasteiger partial charge in [-0.2, -0.15) is 0 Å². The maximum Gasteiger partial charge on any atom is 0.336 e. The van der Waals surface area contributed by atoms with Crippen LogP contribution in [-0.2, 0) is 0 Å². The molecule has 5 heteroatoms. The van der Waals surface area contributed by atoms with E-state index in [9.17, 15) is 14.7 Å². The van der Waals surface area contributed by atoms with Crippen molar-refractivity contribution in [2.24, 2.45) is 0 Å². The van der Waals surface area contributed by atoms with Crippen LogP contribution in [0, 0.1) is 0 Å². The third-order valence-electron chi connectivity index (χ3n) is 3.29. The lowest BCUT2D eigenvalue weighted by Crippen LogP contribution is -2.09. The summed E-state index contributed by atoms with van der Waals surface area (Å²) in [6.45, 7) is 0. The summed E-state index contributed by atoms with van der Waals surface area (Å²) in [4.78, 5) is 26.9. The molecule has 104 valence electrons. The standard InChI is InChI=1S/C16H10BrNO3/c17-9-5-6-10-13(8-18-14(10)7-9)15(19)11-3-1-2-4-12(11)16(20)21/h1-8,18H,(H,20,21). The van der Waals surface area contributed by atoms with E-state index in [1.54, 1.807) is 18.3 Å². The molecule has 21 heavy (non-hydrogen) atoms. The Bertz CT molecular complexity index is 867. The molecule has 4 nitrogen and oxygen atoms in total. The molecule has 0 aliphatic rings. The Kier molecular flexibility index (Phi) is 3.35. The molecule has 1 aromatic heterocycles. The van der Waals surface area contributed by atoms with Crippen LogP contribution in [0.25, 0.3) is 10.9 Å². The highest BCUT2D eigenvalue weighted by atomic mass is 79.9. The van der Waals surface area contributed by atoms with Crippen molar-refractivity contribution >= 4 is 38.6 Å². The van der Waals surface area contributed by atoms with Crippen LogP contribution in [0.4, 0.5) is 0 Å². The van der Waals surface area contributed by atoms with Gasteiger partial charge in [-0.1, -0.05) is 40.2 Å². The van der Waals surface area contributed by atoms with Gasteiger partial charge in [0.2, 0.25) is 0 Å². The average molecular weight is 344 g/mol. The predicted octanol–water partition coefficient (Wildman–Crippen LogP) is 3.86. The lowest BCUT2D eigenvalue weighted by atomic mass is 9.98. The smallest absolute Gasteiger partial charge is 0.336 e. The van der Waals surface area contributed by atoms with Gasteiger partial charge >= 0.3 is 5.97 Å². The van der Waals surface area contributed by atoms with Crippen molar-refractivity contribution in [1.82, 2.24) is 4.98 Å². The summed E-state index contributed by atoms with van der Waals surface area (Å²) in [5.74, 6) is -1.41. The summed E-state index contributed by atoms with van der Waals surface area (Å²) >= 11 is 3.37. The Balaban J connectivity index is 2.15. The highest BCUT2D eigenvalue weighted by Gasteiger charge is 2.19. The van der Waals surface area contributed by atoms with Gasteiger partial charge in [-0.3, -0.25) is 4.79 Å². The second-order valence-electron chi connectivity index (χ2n) is 4.57. The minimum Gasteiger partial charge on any atom is -0.478 e. The third kappa shape index (κ3) is 2.36. The molecular formula is C16H10BrNO3. The second kappa shape index (κ2) is 5.18. The van der Waals surface area contributed by atoms with E-state index in [0.717, 1.165) is 15.4 Å². The summed E-state index contributed by atoms with van der Waals surface area (Å²) in [6, 6.07) is 11.8. The van der Waals surface area contributed by atoms with Crippen LogP contribution in [0.5, 0.6) is 0 Å². The van der Waals surface area contributed by atoms with E-state index >= 15 is 0 Å². The molecule has 3 rings (SSSR count). The monoisotopic (exact) mass is 343 g/mol. The van der Waals surface area contributed by atoms with Gasteiger partial charge in [0, 0.05) is 32.7 Å². The molecule has 1 heterocycles. The summed E-state index contributed by atoms with van der Waals surface area (Å²) in [5.41, 5.74) is 1.48. The summed E-state index contributed by atoms with van der Waals surface area (Å²) < 4.78 is 0.904. The maximum atomic E-state index is 12.6. The number of carboxylic acid groups (broad SMARTS) is 1. The number of rotatable bonds is 3. The molecule has 0 aliphatic carbocycles. The quantitative estimate of drug-likeness (QED) is 0.709. The van der Waals surface area contributed by atoms with Gasteiger partial charge in [0.15, 0.2) is 5.78 Å². The first-order valence-electron chi connectivity index (χ1n) is 6.21. The van der Waals surface area contributed by atoms with E-state index in [0.29, 0.717) is 5.56 Å². The molecule has 0 atom stereocenters. The fourth-order valence-electron chi connectivity index (χ4n) is 2.30. The lowest BCUT2D eigenvalue weighted by molar-refractivity contribution is 0.0693. The molecule has 0 fully saturated rings. The van der Waals surface area contributed by atoms with Crippen molar-refractivity contribution in [2.45, 2.75) is 0 Å². The van der Waals surface area contributed by atoms with Gasteiger partial charge in [0.05, 0.1) is 5.56 Å². The highest BCUT2D eigenvalue weighted by molar-refractivity contribution is 9.10. The van der Waals surface area contributed by atoms with E-state index in [-0.39, 0.29) is 16.9 Å². The minimum atomic E-state index is -1.11. The molecule has 2 N–H and O–H groups in total. The Labute approximate surface area is 128 Å². The molecule has 0 saturated heterocycles. The second-order valence-corrected chi connectivity index (χ2v) is 5.49. The first kappa shape index (κ1) is 13.6. The van der Waals surface area contributed by atoms with Crippen molar-refractivity contribution in [1.29, 1.82) is 0 Å². The molecule has 0 aliphatic heterocycles. The molecule has 0 radical (unpaired) electrons. The molecule has 2 aromatic carbocycles. The number of aromatic nitrogens is 1. The zero-order valence-corrected chi connectivity index (χ0v) is 12.3. The number of H-pyrrole nitrogens is 1. The molecule has 0 saturated carbocycles. The van der Waals surface area contributed by atoms with Crippen LogP contribution in [-0.4, -0.2) is 21.8 Å².